The molecule has 1 aliphatic carbocycles. The Bertz CT molecular complexity index is 518. The Morgan fingerprint density at radius 1 is 1.40 bits per heavy atom. The average Bonchev–Trinajstić information content (AvgIpc) is 2.95. The quantitative estimate of drug-likeness (QED) is 0.848. The Morgan fingerprint density at radius 3 is 2.65 bits per heavy atom. The standard InChI is InChI=1S/C14H23NO3S2/c1-2-13(12-6-4-3-5-7-12)15-20(17,18)14-8-11(9-16)10-19-14/h8,10,12-13,15-16H,2-7,9H2,1H3. The van der Waals surface area contributed by atoms with Crippen molar-refractivity contribution in [2.45, 2.75) is 62.3 Å². The van der Waals surface area contributed by atoms with Gasteiger partial charge in [-0.2, -0.15) is 0 Å². The van der Waals surface area contributed by atoms with Crippen molar-refractivity contribution in [3.8, 4) is 0 Å². The summed E-state index contributed by atoms with van der Waals surface area (Å²) in [5.74, 6) is 0.459. The maximum absolute atomic E-state index is 12.4. The van der Waals surface area contributed by atoms with E-state index in [1.165, 1.54) is 30.6 Å². The fourth-order valence-electron chi connectivity index (χ4n) is 2.88. The zero-order chi connectivity index (χ0) is 14.6. The molecule has 0 radical (unpaired) electrons. The lowest BCUT2D eigenvalue weighted by Crippen LogP contribution is -2.40. The predicted octanol–water partition coefficient (Wildman–Crippen LogP) is 2.88. The molecular weight excluding hydrogens is 294 g/mol. The van der Waals surface area contributed by atoms with Crippen molar-refractivity contribution in [3.63, 3.8) is 0 Å². The molecule has 1 atom stereocenters. The van der Waals surface area contributed by atoms with Gasteiger partial charge in [0, 0.05) is 6.04 Å². The molecule has 0 aromatic carbocycles. The zero-order valence-corrected chi connectivity index (χ0v) is 13.5. The first-order valence-corrected chi connectivity index (χ1v) is 9.63. The van der Waals surface area contributed by atoms with E-state index in [0.29, 0.717) is 15.7 Å². The second-order valence-corrected chi connectivity index (χ2v) is 8.32. The summed E-state index contributed by atoms with van der Waals surface area (Å²) < 4.78 is 28.0. The van der Waals surface area contributed by atoms with E-state index < -0.39 is 10.0 Å². The highest BCUT2D eigenvalue weighted by atomic mass is 32.2. The van der Waals surface area contributed by atoms with Crippen LogP contribution in [0.25, 0.3) is 0 Å². The minimum Gasteiger partial charge on any atom is -0.392 e. The van der Waals surface area contributed by atoms with Crippen molar-refractivity contribution in [1.29, 1.82) is 0 Å². The Hall–Kier alpha value is -0.430. The van der Waals surface area contributed by atoms with Gasteiger partial charge in [0.2, 0.25) is 10.0 Å². The molecular formula is C14H23NO3S2. The molecule has 0 saturated heterocycles. The van der Waals surface area contributed by atoms with Gasteiger partial charge in [0.15, 0.2) is 0 Å². The van der Waals surface area contributed by atoms with Crippen LogP contribution in [-0.2, 0) is 16.6 Å². The molecule has 6 heteroatoms. The van der Waals surface area contributed by atoms with E-state index in [4.69, 9.17) is 5.11 Å². The SMILES string of the molecule is CCC(NS(=O)(=O)c1cc(CO)cs1)C1CCCCC1. The number of aliphatic hydroxyl groups is 1. The number of hydrogen-bond acceptors (Lipinski definition) is 4. The maximum Gasteiger partial charge on any atom is 0.250 e. The van der Waals surface area contributed by atoms with Crippen LogP contribution in [0.5, 0.6) is 0 Å². The van der Waals surface area contributed by atoms with E-state index in [0.717, 1.165) is 19.3 Å². The molecule has 0 bridgehead atoms. The third-order valence-corrected chi connectivity index (χ3v) is 7.02. The van der Waals surface area contributed by atoms with Crippen LogP contribution in [0.2, 0.25) is 0 Å². The molecule has 1 aromatic heterocycles. The van der Waals surface area contributed by atoms with Gasteiger partial charge in [0.25, 0.3) is 0 Å². The molecule has 1 aliphatic rings. The Balaban J connectivity index is 2.08. The summed E-state index contributed by atoms with van der Waals surface area (Å²) in [6.45, 7) is 1.92. The van der Waals surface area contributed by atoms with E-state index in [1.54, 1.807) is 11.4 Å². The molecule has 1 saturated carbocycles. The molecule has 114 valence electrons. The van der Waals surface area contributed by atoms with Gasteiger partial charge in [-0.1, -0.05) is 26.2 Å². The predicted molar refractivity (Wildman–Crippen MR) is 81.2 cm³/mol. The lowest BCUT2D eigenvalue weighted by Gasteiger charge is -2.29. The van der Waals surface area contributed by atoms with Crippen molar-refractivity contribution in [2.24, 2.45) is 5.92 Å². The molecule has 1 fully saturated rings. The monoisotopic (exact) mass is 317 g/mol. The third-order valence-electron chi connectivity index (χ3n) is 4.04. The highest BCUT2D eigenvalue weighted by molar-refractivity contribution is 7.91. The topological polar surface area (TPSA) is 66.4 Å². The summed E-state index contributed by atoms with van der Waals surface area (Å²) in [5, 5.41) is 10.7. The summed E-state index contributed by atoms with van der Waals surface area (Å²) in [6, 6.07) is 1.58. The van der Waals surface area contributed by atoms with Gasteiger partial charge in [-0.05, 0) is 42.2 Å². The first-order chi connectivity index (χ1) is 9.56. The molecule has 1 aromatic rings. The van der Waals surface area contributed by atoms with Crippen LogP contribution in [0.1, 0.15) is 51.0 Å². The molecule has 0 aliphatic heterocycles. The lowest BCUT2D eigenvalue weighted by atomic mass is 9.83. The fraction of sp³-hybridized carbons (Fsp3) is 0.714. The van der Waals surface area contributed by atoms with E-state index in [9.17, 15) is 8.42 Å². The van der Waals surface area contributed by atoms with Gasteiger partial charge in [-0.15, -0.1) is 11.3 Å². The van der Waals surface area contributed by atoms with Crippen LogP contribution < -0.4 is 4.72 Å². The molecule has 2 N–H and O–H groups in total. The summed E-state index contributed by atoms with van der Waals surface area (Å²) in [4.78, 5) is 0. The third kappa shape index (κ3) is 3.81. The van der Waals surface area contributed by atoms with Crippen LogP contribution in [0.15, 0.2) is 15.7 Å². The molecule has 2 rings (SSSR count). The number of nitrogens with one attached hydrogen (secondary N) is 1. The van der Waals surface area contributed by atoms with Crippen LogP contribution in [0.4, 0.5) is 0 Å². The van der Waals surface area contributed by atoms with Gasteiger partial charge in [0.05, 0.1) is 6.61 Å². The Kier molecular flexibility index (Phi) is 5.60. The Morgan fingerprint density at radius 2 is 2.10 bits per heavy atom. The van der Waals surface area contributed by atoms with E-state index in [2.05, 4.69) is 4.72 Å². The number of rotatable bonds is 6. The molecule has 0 spiro atoms. The van der Waals surface area contributed by atoms with Crippen molar-refractivity contribution in [3.05, 3.63) is 17.0 Å². The minimum absolute atomic E-state index is 0.0278. The van der Waals surface area contributed by atoms with Crippen molar-refractivity contribution in [2.75, 3.05) is 0 Å². The summed E-state index contributed by atoms with van der Waals surface area (Å²) in [6.07, 6.45) is 6.74. The first kappa shape index (κ1) is 15.9. The van der Waals surface area contributed by atoms with Gasteiger partial charge in [0.1, 0.15) is 4.21 Å². The summed E-state index contributed by atoms with van der Waals surface area (Å²) in [5.41, 5.74) is 0.654. The van der Waals surface area contributed by atoms with Crippen LogP contribution >= 0.6 is 11.3 Å². The minimum atomic E-state index is -3.45. The lowest BCUT2D eigenvalue weighted by molar-refractivity contribution is 0.282. The number of hydrogen-bond donors (Lipinski definition) is 2. The Labute approximate surface area is 125 Å². The highest BCUT2D eigenvalue weighted by Crippen LogP contribution is 2.29. The van der Waals surface area contributed by atoms with Crippen LogP contribution in [0.3, 0.4) is 0 Å². The molecule has 4 nitrogen and oxygen atoms in total. The normalized spacial score (nSPS) is 19.1. The molecule has 1 unspecified atom stereocenters. The largest absolute Gasteiger partial charge is 0.392 e. The number of thiophene rings is 1. The fourth-order valence-corrected chi connectivity index (χ4v) is 5.49. The molecule has 1 heterocycles. The van der Waals surface area contributed by atoms with Gasteiger partial charge in [-0.25, -0.2) is 13.1 Å². The van der Waals surface area contributed by atoms with E-state index in [1.807, 2.05) is 6.92 Å². The first-order valence-electron chi connectivity index (χ1n) is 7.27. The van der Waals surface area contributed by atoms with Gasteiger partial charge in [-0.3, -0.25) is 0 Å². The summed E-state index contributed by atoms with van der Waals surface area (Å²) >= 11 is 1.17. The van der Waals surface area contributed by atoms with E-state index in [-0.39, 0.29) is 12.6 Å². The van der Waals surface area contributed by atoms with Crippen LogP contribution in [-0.4, -0.2) is 19.6 Å². The second kappa shape index (κ2) is 7.02. The summed E-state index contributed by atoms with van der Waals surface area (Å²) in [7, 11) is -3.45. The zero-order valence-electron chi connectivity index (χ0n) is 11.8. The molecule has 20 heavy (non-hydrogen) atoms. The van der Waals surface area contributed by atoms with Crippen LogP contribution in [0, 0.1) is 5.92 Å². The number of sulfonamides is 1. The number of aliphatic hydroxyl groups excluding tert-OH is 1. The second-order valence-electron chi connectivity index (χ2n) is 5.47. The van der Waals surface area contributed by atoms with Crippen molar-refractivity contribution in [1.82, 2.24) is 4.72 Å². The van der Waals surface area contributed by atoms with Crippen molar-refractivity contribution >= 4 is 21.4 Å². The van der Waals surface area contributed by atoms with Crippen molar-refractivity contribution < 1.29 is 13.5 Å². The average molecular weight is 317 g/mol. The maximum atomic E-state index is 12.4. The van der Waals surface area contributed by atoms with E-state index >= 15 is 0 Å². The van der Waals surface area contributed by atoms with Gasteiger partial charge < -0.3 is 5.11 Å². The van der Waals surface area contributed by atoms with Gasteiger partial charge >= 0.3 is 0 Å². The smallest absolute Gasteiger partial charge is 0.250 e. The molecule has 0 amide bonds. The highest BCUT2D eigenvalue weighted by Gasteiger charge is 2.27.